The van der Waals surface area contributed by atoms with Crippen LogP contribution >= 0.6 is 0 Å². The van der Waals surface area contributed by atoms with Crippen LogP contribution in [-0.4, -0.2) is 20.7 Å². The van der Waals surface area contributed by atoms with Crippen molar-refractivity contribution in [2.75, 3.05) is 0 Å². The summed E-state index contributed by atoms with van der Waals surface area (Å²) in [6, 6.07) is 8.24. The van der Waals surface area contributed by atoms with Crippen LogP contribution in [0.1, 0.15) is 10.5 Å². The van der Waals surface area contributed by atoms with E-state index in [0.717, 1.165) is 5.69 Å². The Morgan fingerprint density at radius 3 is 2.84 bits per heavy atom. The molecule has 6 heteroatoms. The van der Waals surface area contributed by atoms with E-state index in [1.807, 2.05) is 0 Å². The van der Waals surface area contributed by atoms with E-state index in [1.54, 1.807) is 41.3 Å². The third kappa shape index (κ3) is 1.89. The van der Waals surface area contributed by atoms with Gasteiger partial charge in [0, 0.05) is 29.4 Å². The minimum atomic E-state index is -0.657. The number of rotatable bonds is 2. The third-order valence-corrected chi connectivity index (χ3v) is 2.85. The second kappa shape index (κ2) is 4.09. The maximum atomic E-state index is 12.0. The zero-order valence-corrected chi connectivity index (χ0v) is 9.83. The van der Waals surface area contributed by atoms with Crippen LogP contribution in [0.25, 0.3) is 16.6 Å². The van der Waals surface area contributed by atoms with Gasteiger partial charge in [0.05, 0.1) is 5.69 Å². The molecule has 0 aliphatic rings. The summed E-state index contributed by atoms with van der Waals surface area (Å²) in [4.78, 5) is 25.9. The van der Waals surface area contributed by atoms with Gasteiger partial charge < -0.3 is 10.7 Å². The maximum absolute atomic E-state index is 12.0. The monoisotopic (exact) mass is 254 g/mol. The Hall–Kier alpha value is -2.89. The molecule has 1 aromatic carbocycles. The largest absolute Gasteiger partial charge is 0.364 e. The number of benzene rings is 1. The van der Waals surface area contributed by atoms with Crippen molar-refractivity contribution in [3.05, 3.63) is 58.6 Å². The molecule has 6 nitrogen and oxygen atoms in total. The van der Waals surface area contributed by atoms with Crippen molar-refractivity contribution in [2.45, 2.75) is 0 Å². The van der Waals surface area contributed by atoms with Gasteiger partial charge in [0.15, 0.2) is 5.43 Å². The van der Waals surface area contributed by atoms with Gasteiger partial charge in [-0.15, -0.1) is 0 Å². The van der Waals surface area contributed by atoms with Gasteiger partial charge in [-0.2, -0.15) is 5.10 Å². The lowest BCUT2D eigenvalue weighted by Gasteiger charge is -2.04. The number of hydrogen-bond acceptors (Lipinski definition) is 3. The predicted octanol–water partition coefficient (Wildman–Crippen LogP) is 0.813. The molecule has 94 valence electrons. The molecule has 0 radical (unpaired) electrons. The zero-order valence-electron chi connectivity index (χ0n) is 9.83. The first-order valence-corrected chi connectivity index (χ1v) is 5.62. The highest BCUT2D eigenvalue weighted by molar-refractivity contribution is 5.93. The molecular formula is C13H10N4O2. The molecule has 0 unspecified atom stereocenters. The molecule has 0 aliphatic carbocycles. The van der Waals surface area contributed by atoms with Crippen LogP contribution in [0.5, 0.6) is 0 Å². The van der Waals surface area contributed by atoms with Crippen molar-refractivity contribution in [1.82, 2.24) is 14.8 Å². The Morgan fingerprint density at radius 2 is 2.16 bits per heavy atom. The average molecular weight is 254 g/mol. The van der Waals surface area contributed by atoms with Gasteiger partial charge in [-0.25, -0.2) is 4.68 Å². The molecule has 3 aromatic rings. The number of pyridine rings is 1. The number of amides is 1. The molecule has 0 saturated heterocycles. The van der Waals surface area contributed by atoms with Crippen molar-refractivity contribution in [2.24, 2.45) is 5.73 Å². The van der Waals surface area contributed by atoms with E-state index in [2.05, 4.69) is 10.1 Å². The topological polar surface area (TPSA) is 93.8 Å². The van der Waals surface area contributed by atoms with E-state index in [-0.39, 0.29) is 11.1 Å². The van der Waals surface area contributed by atoms with Gasteiger partial charge in [0.25, 0.3) is 5.91 Å². The van der Waals surface area contributed by atoms with Crippen molar-refractivity contribution in [1.29, 1.82) is 0 Å². The summed E-state index contributed by atoms with van der Waals surface area (Å²) in [5, 5.41) is 4.58. The van der Waals surface area contributed by atoms with E-state index < -0.39 is 5.91 Å². The molecule has 2 aromatic heterocycles. The number of nitrogens with one attached hydrogen (secondary N) is 1. The van der Waals surface area contributed by atoms with Crippen LogP contribution in [0.2, 0.25) is 0 Å². The van der Waals surface area contributed by atoms with Gasteiger partial charge >= 0.3 is 0 Å². The highest BCUT2D eigenvalue weighted by atomic mass is 16.1. The summed E-state index contributed by atoms with van der Waals surface area (Å²) in [6.45, 7) is 0. The predicted molar refractivity (Wildman–Crippen MR) is 70.2 cm³/mol. The number of nitrogens with zero attached hydrogens (tertiary/aromatic N) is 2. The lowest BCUT2D eigenvalue weighted by atomic mass is 10.1. The third-order valence-electron chi connectivity index (χ3n) is 2.85. The second-order valence-electron chi connectivity index (χ2n) is 4.09. The molecule has 0 aliphatic heterocycles. The first-order chi connectivity index (χ1) is 9.15. The number of nitrogens with two attached hydrogens (primary N) is 1. The van der Waals surface area contributed by atoms with Crippen LogP contribution < -0.4 is 11.2 Å². The fraction of sp³-hybridized carbons (Fsp3) is 0. The van der Waals surface area contributed by atoms with Crippen LogP contribution in [0.4, 0.5) is 0 Å². The average Bonchev–Trinajstić information content (AvgIpc) is 2.92. The minimum absolute atomic E-state index is 0.101. The Labute approximate surface area is 107 Å². The quantitative estimate of drug-likeness (QED) is 0.708. The van der Waals surface area contributed by atoms with Crippen LogP contribution in [-0.2, 0) is 0 Å². The number of hydrogen-bond donors (Lipinski definition) is 2. The van der Waals surface area contributed by atoms with Gasteiger partial charge in [0.1, 0.15) is 5.69 Å². The highest BCUT2D eigenvalue weighted by Gasteiger charge is 2.07. The summed E-state index contributed by atoms with van der Waals surface area (Å²) in [7, 11) is 0. The number of fused-ring (bicyclic) bond motifs is 1. The molecule has 0 atom stereocenters. The molecule has 2 heterocycles. The van der Waals surface area contributed by atoms with Crippen LogP contribution in [0.15, 0.2) is 47.5 Å². The molecule has 19 heavy (non-hydrogen) atoms. The second-order valence-corrected chi connectivity index (χ2v) is 4.09. The van der Waals surface area contributed by atoms with E-state index in [0.29, 0.717) is 10.9 Å². The molecule has 1 amide bonds. The molecular weight excluding hydrogens is 244 g/mol. The summed E-state index contributed by atoms with van der Waals surface area (Å²) in [5.74, 6) is -0.657. The molecule has 3 rings (SSSR count). The van der Waals surface area contributed by atoms with Crippen LogP contribution in [0, 0.1) is 0 Å². The number of H-pyrrole nitrogens is 1. The molecule has 0 bridgehead atoms. The molecule has 3 N–H and O–H groups in total. The smallest absolute Gasteiger partial charge is 0.265 e. The molecule has 0 fully saturated rings. The van der Waals surface area contributed by atoms with E-state index in [9.17, 15) is 9.59 Å². The van der Waals surface area contributed by atoms with Gasteiger partial charge in [0.2, 0.25) is 0 Å². The minimum Gasteiger partial charge on any atom is -0.364 e. The van der Waals surface area contributed by atoms with Gasteiger partial charge in [-0.1, -0.05) is 0 Å². The highest BCUT2D eigenvalue weighted by Crippen LogP contribution is 2.14. The van der Waals surface area contributed by atoms with Gasteiger partial charge in [-0.3, -0.25) is 9.59 Å². The number of aromatic amines is 1. The molecule has 0 spiro atoms. The van der Waals surface area contributed by atoms with Crippen molar-refractivity contribution < 1.29 is 4.79 Å². The number of primary amides is 1. The van der Waals surface area contributed by atoms with E-state index in [1.165, 1.54) is 6.07 Å². The summed E-state index contributed by atoms with van der Waals surface area (Å²) in [6.07, 6.45) is 3.44. The fourth-order valence-corrected chi connectivity index (χ4v) is 1.93. The van der Waals surface area contributed by atoms with Crippen molar-refractivity contribution >= 4 is 16.8 Å². The lowest BCUT2D eigenvalue weighted by molar-refractivity contribution is 0.0996. The number of carbonyl (C=O) groups is 1. The SMILES string of the molecule is NC(=O)c1cc(=O)c2cc(-n3cccn3)ccc2[nH]1. The maximum Gasteiger partial charge on any atom is 0.265 e. The van der Waals surface area contributed by atoms with Crippen molar-refractivity contribution in [3.63, 3.8) is 0 Å². The van der Waals surface area contributed by atoms with E-state index >= 15 is 0 Å². The Morgan fingerprint density at radius 1 is 1.32 bits per heavy atom. The summed E-state index contributed by atoms with van der Waals surface area (Å²) >= 11 is 0. The Kier molecular flexibility index (Phi) is 2.42. The normalized spacial score (nSPS) is 10.7. The lowest BCUT2D eigenvalue weighted by Crippen LogP contribution is -2.17. The standard InChI is InChI=1S/C13H10N4O2/c14-13(19)11-7-12(18)9-6-8(2-3-10(9)16-11)17-5-1-4-15-17/h1-7H,(H2,14,19)(H,16,18). The van der Waals surface area contributed by atoms with Gasteiger partial charge in [-0.05, 0) is 24.3 Å². The van der Waals surface area contributed by atoms with Crippen LogP contribution in [0.3, 0.4) is 0 Å². The zero-order chi connectivity index (χ0) is 13.4. The Bertz CT molecular complexity index is 818. The molecule has 0 saturated carbocycles. The van der Waals surface area contributed by atoms with E-state index in [4.69, 9.17) is 5.73 Å². The number of aromatic nitrogens is 3. The first kappa shape index (κ1) is 11.2. The fourth-order valence-electron chi connectivity index (χ4n) is 1.93. The summed E-state index contributed by atoms with van der Waals surface area (Å²) in [5.41, 5.74) is 6.35. The first-order valence-electron chi connectivity index (χ1n) is 5.62. The number of carbonyl (C=O) groups excluding carboxylic acids is 1. The Balaban J connectivity index is 2.25. The van der Waals surface area contributed by atoms with Crippen molar-refractivity contribution in [3.8, 4) is 5.69 Å². The summed E-state index contributed by atoms with van der Waals surface area (Å²) < 4.78 is 1.65.